The molecule has 0 aliphatic heterocycles. The van der Waals surface area contributed by atoms with E-state index in [1.807, 2.05) is 72.9 Å². The number of rotatable bonds is 51. The molecule has 6 nitrogen and oxygen atoms in total. The number of unbranched alkanes of at least 4 members (excludes halogenated alkanes) is 29. The third-order valence-corrected chi connectivity index (χ3v) is 12.2. The van der Waals surface area contributed by atoms with Crippen molar-refractivity contribution >= 4 is 17.9 Å². The number of allylic oxidation sites excluding steroid dienone is 18. The van der Waals surface area contributed by atoms with Crippen LogP contribution in [0.1, 0.15) is 258 Å². The van der Waals surface area contributed by atoms with E-state index in [1.165, 1.54) is 141 Å². The monoisotopic (exact) mass is 971 g/mol. The molecule has 70 heavy (non-hydrogen) atoms. The van der Waals surface area contributed by atoms with Crippen LogP contribution in [-0.4, -0.2) is 37.2 Å². The van der Waals surface area contributed by atoms with Gasteiger partial charge in [0.1, 0.15) is 13.2 Å². The third kappa shape index (κ3) is 55.0. The first-order chi connectivity index (χ1) is 34.5. The SMILES string of the molecule is CC\C=C/C=C\C=C/C=C\C=C\C=C/C=C\CCCCCC(=O)OCC(COC(=O)CCCCCCCC/C=C\C=C/CCCCC)OC(=O)CCCCCCCCCCCCCCCCCCCC. The molecule has 0 amide bonds. The fourth-order valence-corrected chi connectivity index (χ4v) is 7.89. The van der Waals surface area contributed by atoms with Crippen LogP contribution in [-0.2, 0) is 28.6 Å². The van der Waals surface area contributed by atoms with Crippen LogP contribution >= 0.6 is 0 Å². The zero-order valence-corrected chi connectivity index (χ0v) is 45.5. The average Bonchev–Trinajstić information content (AvgIpc) is 3.36. The normalized spacial score (nSPS) is 12.9. The molecule has 0 saturated heterocycles. The summed E-state index contributed by atoms with van der Waals surface area (Å²) in [7, 11) is 0. The summed E-state index contributed by atoms with van der Waals surface area (Å²) in [6, 6.07) is 0. The van der Waals surface area contributed by atoms with Crippen LogP contribution in [0.2, 0.25) is 0 Å². The van der Waals surface area contributed by atoms with Crippen LogP contribution in [0.25, 0.3) is 0 Å². The van der Waals surface area contributed by atoms with E-state index < -0.39 is 6.10 Å². The lowest BCUT2D eigenvalue weighted by Crippen LogP contribution is -2.30. The van der Waals surface area contributed by atoms with Crippen molar-refractivity contribution < 1.29 is 28.6 Å². The second-order valence-electron chi connectivity index (χ2n) is 19.0. The molecule has 0 fully saturated rings. The Morgan fingerprint density at radius 3 is 0.929 bits per heavy atom. The minimum absolute atomic E-state index is 0.0989. The van der Waals surface area contributed by atoms with Gasteiger partial charge in [-0.3, -0.25) is 14.4 Å². The van der Waals surface area contributed by atoms with Crippen molar-refractivity contribution in [2.24, 2.45) is 0 Å². The number of hydrogen-bond acceptors (Lipinski definition) is 6. The summed E-state index contributed by atoms with van der Waals surface area (Å²) in [5.74, 6) is -0.951. The summed E-state index contributed by atoms with van der Waals surface area (Å²) in [5, 5.41) is 0. The second kappa shape index (κ2) is 57.6. The first-order valence-corrected chi connectivity index (χ1v) is 29.0. The van der Waals surface area contributed by atoms with Crippen molar-refractivity contribution in [2.75, 3.05) is 13.2 Å². The van der Waals surface area contributed by atoms with E-state index in [9.17, 15) is 14.4 Å². The minimum Gasteiger partial charge on any atom is -0.462 e. The van der Waals surface area contributed by atoms with Gasteiger partial charge in [0, 0.05) is 19.3 Å². The molecule has 0 aliphatic rings. The van der Waals surface area contributed by atoms with Crippen molar-refractivity contribution in [3.8, 4) is 0 Å². The van der Waals surface area contributed by atoms with Gasteiger partial charge >= 0.3 is 17.9 Å². The highest BCUT2D eigenvalue weighted by atomic mass is 16.6. The number of carbonyl (C=O) groups is 3. The van der Waals surface area contributed by atoms with Gasteiger partial charge in [0.2, 0.25) is 0 Å². The summed E-state index contributed by atoms with van der Waals surface area (Å²) < 4.78 is 16.8. The van der Waals surface area contributed by atoms with E-state index >= 15 is 0 Å². The second-order valence-corrected chi connectivity index (χ2v) is 19.0. The van der Waals surface area contributed by atoms with E-state index in [0.29, 0.717) is 19.3 Å². The van der Waals surface area contributed by atoms with Crippen LogP contribution in [0.3, 0.4) is 0 Å². The summed E-state index contributed by atoms with van der Waals surface area (Å²) >= 11 is 0. The lowest BCUT2D eigenvalue weighted by molar-refractivity contribution is -0.167. The molecular formula is C64H106O6. The molecule has 0 N–H and O–H groups in total. The Hall–Kier alpha value is -3.93. The Morgan fingerprint density at radius 2 is 0.557 bits per heavy atom. The molecule has 0 radical (unpaired) electrons. The predicted molar refractivity (Wildman–Crippen MR) is 302 cm³/mol. The first-order valence-electron chi connectivity index (χ1n) is 29.0. The number of esters is 3. The van der Waals surface area contributed by atoms with E-state index in [4.69, 9.17) is 14.2 Å². The molecule has 1 unspecified atom stereocenters. The predicted octanol–water partition coefficient (Wildman–Crippen LogP) is 19.5. The molecule has 0 rings (SSSR count). The Labute approximate surface area is 431 Å². The Balaban J connectivity index is 4.50. The van der Waals surface area contributed by atoms with Crippen LogP contribution in [0.5, 0.6) is 0 Å². The van der Waals surface area contributed by atoms with Gasteiger partial charge in [-0.2, -0.15) is 0 Å². The molecule has 0 bridgehead atoms. The minimum atomic E-state index is -0.803. The zero-order chi connectivity index (χ0) is 50.7. The summed E-state index contributed by atoms with van der Waals surface area (Å²) in [6.45, 7) is 6.43. The largest absolute Gasteiger partial charge is 0.462 e. The number of hydrogen-bond donors (Lipinski definition) is 0. The lowest BCUT2D eigenvalue weighted by atomic mass is 10.0. The van der Waals surface area contributed by atoms with Crippen LogP contribution in [0, 0.1) is 0 Å². The highest BCUT2D eigenvalue weighted by Gasteiger charge is 2.19. The van der Waals surface area contributed by atoms with Gasteiger partial charge in [0.05, 0.1) is 0 Å². The van der Waals surface area contributed by atoms with E-state index in [0.717, 1.165) is 77.0 Å². The molecule has 0 aromatic rings. The average molecular weight is 972 g/mol. The summed E-state index contributed by atoms with van der Waals surface area (Å²) in [6.07, 6.45) is 77.8. The standard InChI is InChI=1S/C64H106O6/c1-4-7-10-13-16-19-22-25-28-30-32-34-36-39-42-45-48-51-54-57-63(66)69-60-61(59-68-62(65)56-53-50-47-44-41-38-35-27-24-21-18-15-12-9-6-3)70-64(67)58-55-52-49-46-43-40-37-33-31-29-26-23-20-17-14-11-8-5-2/h7,10,13,16,18-19,21-22,24-25,27-28,30,32,34,36,39,42,61H,4-6,8-9,11-12,14-15,17,20,23,26,29,31,33,35,37-38,40-41,43-60H2,1-3H3/b10-7-,16-13-,21-18-,22-19-,27-24-,28-25-,32-30+,36-34-,42-39-. The molecule has 0 saturated carbocycles. The molecule has 0 aromatic heterocycles. The Morgan fingerprint density at radius 1 is 0.300 bits per heavy atom. The van der Waals surface area contributed by atoms with E-state index in [1.54, 1.807) is 0 Å². The first kappa shape index (κ1) is 66.1. The maximum atomic E-state index is 12.9. The summed E-state index contributed by atoms with van der Waals surface area (Å²) in [5.41, 5.74) is 0. The number of carbonyl (C=O) groups excluding carboxylic acids is 3. The molecular weight excluding hydrogens is 865 g/mol. The molecule has 6 heteroatoms. The molecule has 0 aliphatic carbocycles. The fourth-order valence-electron chi connectivity index (χ4n) is 7.89. The van der Waals surface area contributed by atoms with Crippen LogP contribution < -0.4 is 0 Å². The maximum Gasteiger partial charge on any atom is 0.306 e. The maximum absolute atomic E-state index is 12.9. The van der Waals surface area contributed by atoms with Gasteiger partial charge in [-0.25, -0.2) is 0 Å². The van der Waals surface area contributed by atoms with Crippen molar-refractivity contribution in [3.63, 3.8) is 0 Å². The summed E-state index contributed by atoms with van der Waals surface area (Å²) in [4.78, 5) is 38.2. The molecule has 0 spiro atoms. The van der Waals surface area contributed by atoms with Crippen molar-refractivity contribution in [3.05, 3.63) is 109 Å². The molecule has 0 aromatic carbocycles. The van der Waals surface area contributed by atoms with E-state index in [-0.39, 0.29) is 31.1 Å². The smallest absolute Gasteiger partial charge is 0.306 e. The van der Waals surface area contributed by atoms with Crippen molar-refractivity contribution in [2.45, 2.75) is 264 Å². The lowest BCUT2D eigenvalue weighted by Gasteiger charge is -2.18. The van der Waals surface area contributed by atoms with Crippen LogP contribution in [0.4, 0.5) is 0 Å². The van der Waals surface area contributed by atoms with Gasteiger partial charge in [0.25, 0.3) is 0 Å². The van der Waals surface area contributed by atoms with Crippen molar-refractivity contribution in [1.82, 2.24) is 0 Å². The van der Waals surface area contributed by atoms with E-state index in [2.05, 4.69) is 57.2 Å². The molecule has 398 valence electrons. The van der Waals surface area contributed by atoms with Gasteiger partial charge in [-0.1, -0.05) is 284 Å². The quantitative estimate of drug-likeness (QED) is 0.0262. The van der Waals surface area contributed by atoms with Gasteiger partial charge in [-0.05, 0) is 64.2 Å². The Bertz CT molecular complexity index is 1440. The van der Waals surface area contributed by atoms with Gasteiger partial charge < -0.3 is 14.2 Å². The number of ether oxygens (including phenoxy) is 3. The van der Waals surface area contributed by atoms with Gasteiger partial charge in [-0.15, -0.1) is 0 Å². The zero-order valence-electron chi connectivity index (χ0n) is 45.5. The van der Waals surface area contributed by atoms with Gasteiger partial charge in [0.15, 0.2) is 6.10 Å². The fraction of sp³-hybridized carbons (Fsp3) is 0.672. The van der Waals surface area contributed by atoms with Crippen LogP contribution in [0.15, 0.2) is 109 Å². The topological polar surface area (TPSA) is 78.9 Å². The Kier molecular flexibility index (Phi) is 54.4. The van der Waals surface area contributed by atoms with Crippen molar-refractivity contribution in [1.29, 1.82) is 0 Å². The molecule has 0 heterocycles. The third-order valence-electron chi connectivity index (χ3n) is 12.2. The molecule has 1 atom stereocenters. The highest BCUT2D eigenvalue weighted by Crippen LogP contribution is 2.16. The highest BCUT2D eigenvalue weighted by molar-refractivity contribution is 5.71.